The van der Waals surface area contributed by atoms with E-state index in [2.05, 4.69) is 15.6 Å². The summed E-state index contributed by atoms with van der Waals surface area (Å²) in [5.41, 5.74) is 0.627. The van der Waals surface area contributed by atoms with Crippen molar-refractivity contribution >= 4 is 11.6 Å². The summed E-state index contributed by atoms with van der Waals surface area (Å²) in [6.45, 7) is 4.61. The second kappa shape index (κ2) is 11.7. The van der Waals surface area contributed by atoms with Crippen molar-refractivity contribution in [3.05, 3.63) is 30.1 Å². The molecule has 0 bridgehead atoms. The molecule has 26 heavy (non-hydrogen) atoms. The van der Waals surface area contributed by atoms with Crippen LogP contribution >= 0.6 is 0 Å². The number of ether oxygens (including phenoxy) is 2. The number of halogens is 1. The molecule has 1 unspecified atom stereocenters. The Morgan fingerprint density at radius 3 is 2.77 bits per heavy atom. The van der Waals surface area contributed by atoms with Gasteiger partial charge in [-0.1, -0.05) is 12.1 Å². The molecule has 146 valence electrons. The molecule has 2 rings (SSSR count). The topological polar surface area (TPSA) is 58.1 Å². The zero-order valence-electron chi connectivity index (χ0n) is 15.8. The van der Waals surface area contributed by atoms with Crippen molar-refractivity contribution < 1.29 is 13.9 Å². The van der Waals surface area contributed by atoms with Gasteiger partial charge in [-0.2, -0.15) is 0 Å². The highest BCUT2D eigenvalue weighted by atomic mass is 19.1. The van der Waals surface area contributed by atoms with Gasteiger partial charge in [0, 0.05) is 46.9 Å². The van der Waals surface area contributed by atoms with Crippen LogP contribution in [0, 0.1) is 5.82 Å². The number of para-hydroxylation sites is 1. The van der Waals surface area contributed by atoms with Crippen LogP contribution in [0.4, 0.5) is 10.1 Å². The predicted molar refractivity (Wildman–Crippen MR) is 103 cm³/mol. The first kappa shape index (κ1) is 20.5. The van der Waals surface area contributed by atoms with E-state index in [-0.39, 0.29) is 11.9 Å². The highest BCUT2D eigenvalue weighted by Gasteiger charge is 2.15. The standard InChI is InChI=1S/C19H31FN4O2/c1-21-19(23-11-6-13-26-16-9-14-25-15-16)22-10-5-12-24(2)18-8-4-3-7-17(18)20/h3-4,7-8,16H,5-6,9-15H2,1-2H3,(H2,21,22,23). The van der Waals surface area contributed by atoms with Crippen LogP contribution in [0.5, 0.6) is 0 Å². The van der Waals surface area contributed by atoms with E-state index >= 15 is 0 Å². The van der Waals surface area contributed by atoms with E-state index in [1.165, 1.54) is 6.07 Å². The molecule has 0 aliphatic carbocycles. The average Bonchev–Trinajstić information content (AvgIpc) is 3.16. The second-order valence-corrected chi connectivity index (χ2v) is 6.36. The molecule has 0 amide bonds. The quantitative estimate of drug-likeness (QED) is 0.377. The minimum atomic E-state index is -0.188. The number of hydrogen-bond donors (Lipinski definition) is 2. The van der Waals surface area contributed by atoms with Gasteiger partial charge in [0.1, 0.15) is 5.82 Å². The third-order valence-corrected chi connectivity index (χ3v) is 4.31. The van der Waals surface area contributed by atoms with Crippen LogP contribution < -0.4 is 15.5 Å². The highest BCUT2D eigenvalue weighted by Crippen LogP contribution is 2.16. The maximum absolute atomic E-state index is 13.7. The zero-order chi connectivity index (χ0) is 18.6. The fraction of sp³-hybridized carbons (Fsp3) is 0.632. The van der Waals surface area contributed by atoms with Crippen LogP contribution in [0.25, 0.3) is 0 Å². The summed E-state index contributed by atoms with van der Waals surface area (Å²) in [6, 6.07) is 6.83. The number of nitrogens with zero attached hydrogens (tertiary/aromatic N) is 2. The lowest BCUT2D eigenvalue weighted by atomic mass is 10.2. The molecule has 1 aliphatic heterocycles. The molecule has 1 saturated heterocycles. The largest absolute Gasteiger partial charge is 0.379 e. The van der Waals surface area contributed by atoms with Crippen LogP contribution in [-0.2, 0) is 9.47 Å². The Hall–Kier alpha value is -1.86. The molecule has 0 aromatic heterocycles. The fourth-order valence-corrected chi connectivity index (χ4v) is 2.80. The van der Waals surface area contributed by atoms with Crippen molar-refractivity contribution in [3.8, 4) is 0 Å². The lowest BCUT2D eigenvalue weighted by Crippen LogP contribution is -2.39. The van der Waals surface area contributed by atoms with Crippen LogP contribution in [0.2, 0.25) is 0 Å². The molecule has 0 radical (unpaired) electrons. The summed E-state index contributed by atoms with van der Waals surface area (Å²) in [7, 11) is 3.66. The molecule has 1 aromatic rings. The Morgan fingerprint density at radius 2 is 2.08 bits per heavy atom. The first-order valence-corrected chi connectivity index (χ1v) is 9.30. The van der Waals surface area contributed by atoms with Gasteiger partial charge in [0.2, 0.25) is 0 Å². The van der Waals surface area contributed by atoms with Gasteiger partial charge < -0.3 is 25.0 Å². The van der Waals surface area contributed by atoms with Gasteiger partial charge in [0.25, 0.3) is 0 Å². The first-order chi connectivity index (χ1) is 12.7. The molecule has 2 N–H and O–H groups in total. The Balaban J connectivity index is 1.53. The summed E-state index contributed by atoms with van der Waals surface area (Å²) in [5, 5.41) is 6.56. The number of guanidine groups is 1. The predicted octanol–water partition coefficient (Wildman–Crippen LogP) is 2.01. The SMILES string of the molecule is CN=C(NCCCOC1CCOC1)NCCCN(C)c1ccccc1F. The van der Waals surface area contributed by atoms with Gasteiger partial charge in [-0.05, 0) is 31.4 Å². The summed E-state index contributed by atoms with van der Waals surface area (Å²) in [6.07, 6.45) is 3.07. The molecule has 1 aromatic carbocycles. The minimum absolute atomic E-state index is 0.188. The molecule has 1 heterocycles. The maximum Gasteiger partial charge on any atom is 0.190 e. The van der Waals surface area contributed by atoms with Gasteiger partial charge in [-0.25, -0.2) is 4.39 Å². The van der Waals surface area contributed by atoms with E-state index in [1.54, 1.807) is 19.2 Å². The molecule has 1 fully saturated rings. The fourth-order valence-electron chi connectivity index (χ4n) is 2.80. The summed E-state index contributed by atoms with van der Waals surface area (Å²) in [5.74, 6) is 0.592. The minimum Gasteiger partial charge on any atom is -0.379 e. The van der Waals surface area contributed by atoms with Crippen LogP contribution in [0.3, 0.4) is 0 Å². The third kappa shape index (κ3) is 7.17. The number of aliphatic imine (C=N–C) groups is 1. The van der Waals surface area contributed by atoms with Crippen molar-refractivity contribution in [3.63, 3.8) is 0 Å². The molecule has 6 nitrogen and oxygen atoms in total. The average molecular weight is 366 g/mol. The normalized spacial score (nSPS) is 17.3. The number of hydrogen-bond acceptors (Lipinski definition) is 4. The van der Waals surface area contributed by atoms with E-state index in [1.807, 2.05) is 18.0 Å². The van der Waals surface area contributed by atoms with Crippen molar-refractivity contribution in [2.24, 2.45) is 4.99 Å². The van der Waals surface area contributed by atoms with E-state index in [4.69, 9.17) is 9.47 Å². The summed E-state index contributed by atoms with van der Waals surface area (Å²) in [4.78, 5) is 6.14. The Kier molecular flexibility index (Phi) is 9.20. The van der Waals surface area contributed by atoms with Crippen molar-refractivity contribution in [1.29, 1.82) is 0 Å². The monoisotopic (exact) mass is 366 g/mol. The second-order valence-electron chi connectivity index (χ2n) is 6.36. The van der Waals surface area contributed by atoms with E-state index in [0.29, 0.717) is 5.69 Å². The molecular formula is C19H31FN4O2. The Bertz CT molecular complexity index is 550. The van der Waals surface area contributed by atoms with Gasteiger partial charge in [-0.15, -0.1) is 0 Å². The van der Waals surface area contributed by atoms with Crippen LogP contribution in [0.1, 0.15) is 19.3 Å². The summed E-state index contributed by atoms with van der Waals surface area (Å²) >= 11 is 0. The number of benzene rings is 1. The molecule has 1 aliphatic rings. The van der Waals surface area contributed by atoms with Gasteiger partial charge in [-0.3, -0.25) is 4.99 Å². The number of anilines is 1. The van der Waals surface area contributed by atoms with Gasteiger partial charge in [0.15, 0.2) is 5.96 Å². The molecule has 0 saturated carbocycles. The molecule has 1 atom stereocenters. The molecule has 0 spiro atoms. The third-order valence-electron chi connectivity index (χ3n) is 4.31. The van der Waals surface area contributed by atoms with Crippen molar-refractivity contribution in [2.45, 2.75) is 25.4 Å². The lowest BCUT2D eigenvalue weighted by molar-refractivity contribution is 0.0420. The maximum atomic E-state index is 13.7. The molecule has 7 heteroatoms. The Labute approximate surface area is 155 Å². The van der Waals surface area contributed by atoms with E-state index in [0.717, 1.165) is 64.7 Å². The van der Waals surface area contributed by atoms with Crippen LogP contribution in [0.15, 0.2) is 29.3 Å². The number of rotatable bonds is 10. The van der Waals surface area contributed by atoms with Crippen LogP contribution in [-0.4, -0.2) is 65.6 Å². The Morgan fingerprint density at radius 1 is 1.31 bits per heavy atom. The van der Waals surface area contributed by atoms with Crippen molar-refractivity contribution in [2.75, 3.05) is 58.5 Å². The molecular weight excluding hydrogens is 335 g/mol. The summed E-state index contributed by atoms with van der Waals surface area (Å²) < 4.78 is 24.7. The highest BCUT2D eigenvalue weighted by molar-refractivity contribution is 5.79. The lowest BCUT2D eigenvalue weighted by Gasteiger charge is -2.20. The first-order valence-electron chi connectivity index (χ1n) is 9.30. The zero-order valence-corrected chi connectivity index (χ0v) is 15.8. The smallest absolute Gasteiger partial charge is 0.190 e. The van der Waals surface area contributed by atoms with E-state index in [9.17, 15) is 4.39 Å². The van der Waals surface area contributed by atoms with E-state index < -0.39 is 0 Å². The van der Waals surface area contributed by atoms with Crippen molar-refractivity contribution in [1.82, 2.24) is 10.6 Å². The van der Waals surface area contributed by atoms with Gasteiger partial charge >= 0.3 is 0 Å². The van der Waals surface area contributed by atoms with Gasteiger partial charge in [0.05, 0.1) is 18.4 Å². The number of nitrogens with one attached hydrogen (secondary N) is 2.